The van der Waals surface area contributed by atoms with Crippen molar-refractivity contribution in [2.45, 2.75) is 18.9 Å². The number of nitrogens with zero attached hydrogens (tertiary/aromatic N) is 5. The molecule has 2 aromatic heterocycles. The van der Waals surface area contributed by atoms with Gasteiger partial charge in [0.2, 0.25) is 0 Å². The van der Waals surface area contributed by atoms with Gasteiger partial charge >= 0.3 is 6.03 Å². The number of hydrogen-bond acceptors (Lipinski definition) is 4. The summed E-state index contributed by atoms with van der Waals surface area (Å²) >= 11 is 0. The van der Waals surface area contributed by atoms with Gasteiger partial charge in [-0.15, -0.1) is 0 Å². The van der Waals surface area contributed by atoms with Gasteiger partial charge < -0.3 is 10.2 Å². The van der Waals surface area contributed by atoms with E-state index >= 15 is 0 Å². The van der Waals surface area contributed by atoms with Crippen LogP contribution in [0.5, 0.6) is 0 Å². The van der Waals surface area contributed by atoms with Crippen molar-refractivity contribution < 1.29 is 13.6 Å². The highest BCUT2D eigenvalue weighted by atomic mass is 19.2. The smallest absolute Gasteiger partial charge is 0.320 e. The summed E-state index contributed by atoms with van der Waals surface area (Å²) in [5.41, 5.74) is 2.93. The van der Waals surface area contributed by atoms with Gasteiger partial charge in [-0.3, -0.25) is 14.7 Å². The van der Waals surface area contributed by atoms with Gasteiger partial charge in [-0.2, -0.15) is 10.2 Å². The Bertz CT molecular complexity index is 1210. The number of aromatic nitrogens is 4. The Morgan fingerprint density at radius 1 is 1.25 bits per heavy atom. The minimum Gasteiger partial charge on any atom is -0.333 e. The number of carbonyl (C=O) groups is 1. The number of urea groups is 1. The Balaban J connectivity index is 1.52. The largest absolute Gasteiger partial charge is 0.333 e. The first-order valence-corrected chi connectivity index (χ1v) is 10.0. The summed E-state index contributed by atoms with van der Waals surface area (Å²) in [7, 11) is 3.56. The van der Waals surface area contributed by atoms with Crippen LogP contribution in [0.3, 0.4) is 0 Å². The summed E-state index contributed by atoms with van der Waals surface area (Å²) < 4.78 is 30.4. The van der Waals surface area contributed by atoms with Crippen molar-refractivity contribution in [3.63, 3.8) is 0 Å². The van der Waals surface area contributed by atoms with E-state index in [-0.39, 0.29) is 12.0 Å². The summed E-state index contributed by atoms with van der Waals surface area (Å²) in [6.07, 6.45) is 9.09. The molecule has 0 saturated carbocycles. The van der Waals surface area contributed by atoms with Crippen LogP contribution in [0.25, 0.3) is 11.3 Å². The third-order valence-corrected chi connectivity index (χ3v) is 5.69. The maximum absolute atomic E-state index is 13.8. The van der Waals surface area contributed by atoms with Crippen LogP contribution in [0.2, 0.25) is 0 Å². The molecule has 1 aliphatic heterocycles. The molecule has 0 aliphatic carbocycles. The van der Waals surface area contributed by atoms with Crippen molar-refractivity contribution >= 4 is 11.8 Å². The second kappa shape index (κ2) is 8.34. The van der Waals surface area contributed by atoms with Crippen molar-refractivity contribution in [3.05, 3.63) is 53.4 Å². The fourth-order valence-electron chi connectivity index (χ4n) is 4.07. The first-order valence-electron chi connectivity index (χ1n) is 10.0. The van der Waals surface area contributed by atoms with Crippen molar-refractivity contribution in [1.29, 1.82) is 0 Å². The fraction of sp³-hybridized carbons (Fsp3) is 0.318. The lowest BCUT2D eigenvalue weighted by Crippen LogP contribution is -2.42. The lowest BCUT2D eigenvalue weighted by Gasteiger charge is -2.20. The second-order valence-corrected chi connectivity index (χ2v) is 7.87. The molecule has 166 valence electrons. The van der Waals surface area contributed by atoms with Crippen LogP contribution in [0.1, 0.15) is 17.0 Å². The standard InChI is InChI=1S/C22H23F2N7O/c1-5-31-11-16(14-6-7-17(23)18(24)8-14)19(12-31)26-22(32)27-21-13(2)20(28-30(21)4)15-9-25-29(3)10-15/h1,6-10,16,19H,11-12H2,2-4H3,(H2,26,27,32). The van der Waals surface area contributed by atoms with Crippen molar-refractivity contribution in [3.8, 4) is 23.7 Å². The van der Waals surface area contributed by atoms with Crippen molar-refractivity contribution in [2.24, 2.45) is 14.1 Å². The van der Waals surface area contributed by atoms with Crippen LogP contribution in [-0.4, -0.2) is 49.6 Å². The van der Waals surface area contributed by atoms with E-state index in [2.05, 4.69) is 26.9 Å². The number of rotatable bonds is 4. The number of benzene rings is 1. The number of amides is 2. The predicted octanol–water partition coefficient (Wildman–Crippen LogP) is 2.59. The number of hydrogen-bond donors (Lipinski definition) is 2. The average Bonchev–Trinajstić information content (AvgIpc) is 3.44. The van der Waals surface area contributed by atoms with Gasteiger partial charge in [0.25, 0.3) is 0 Å². The van der Waals surface area contributed by atoms with Crippen LogP contribution < -0.4 is 10.6 Å². The van der Waals surface area contributed by atoms with E-state index in [4.69, 9.17) is 6.42 Å². The summed E-state index contributed by atoms with van der Waals surface area (Å²) in [4.78, 5) is 14.5. The molecule has 2 amide bonds. The van der Waals surface area contributed by atoms with Crippen LogP contribution in [0.4, 0.5) is 19.4 Å². The zero-order chi connectivity index (χ0) is 23.0. The van der Waals surface area contributed by atoms with Gasteiger partial charge in [0.05, 0.1) is 12.2 Å². The molecule has 1 aliphatic rings. The predicted molar refractivity (Wildman–Crippen MR) is 116 cm³/mol. The molecule has 10 heteroatoms. The average molecular weight is 439 g/mol. The third kappa shape index (κ3) is 4.01. The molecule has 1 fully saturated rings. The van der Waals surface area contributed by atoms with Gasteiger partial charge in [-0.1, -0.05) is 12.5 Å². The van der Waals surface area contributed by atoms with Crippen LogP contribution in [-0.2, 0) is 14.1 Å². The molecule has 1 aromatic carbocycles. The molecule has 4 rings (SSSR count). The molecule has 0 bridgehead atoms. The number of terminal acetylenes is 1. The lowest BCUT2D eigenvalue weighted by molar-refractivity contribution is 0.247. The number of likely N-dealkylation sites (tertiary alicyclic amines) is 1. The highest BCUT2D eigenvalue weighted by Gasteiger charge is 2.34. The lowest BCUT2D eigenvalue weighted by atomic mass is 9.94. The molecule has 0 radical (unpaired) electrons. The second-order valence-electron chi connectivity index (χ2n) is 7.87. The molecule has 0 spiro atoms. The SMILES string of the molecule is C#CN1CC(NC(=O)Nc2c(C)c(-c3cnn(C)c3)nn2C)C(c2ccc(F)c(F)c2)C1. The zero-order valence-electron chi connectivity index (χ0n) is 17.9. The fourth-order valence-corrected chi connectivity index (χ4v) is 4.07. The first kappa shape index (κ1) is 21.4. The Labute approximate surface area is 184 Å². The molecule has 2 atom stereocenters. The molecular formula is C22H23F2N7O. The number of aryl methyl sites for hydroxylation is 2. The van der Waals surface area contributed by atoms with E-state index in [0.717, 1.165) is 29.0 Å². The third-order valence-electron chi connectivity index (χ3n) is 5.69. The zero-order valence-corrected chi connectivity index (χ0v) is 17.9. The monoisotopic (exact) mass is 439 g/mol. The van der Waals surface area contributed by atoms with Crippen LogP contribution >= 0.6 is 0 Å². The Kier molecular flexibility index (Phi) is 5.57. The number of carbonyl (C=O) groups excluding carboxylic acids is 1. The van der Waals surface area contributed by atoms with Gasteiger partial charge in [0.1, 0.15) is 11.5 Å². The summed E-state index contributed by atoms with van der Waals surface area (Å²) in [5.74, 6) is -1.60. The normalized spacial score (nSPS) is 17.9. The Hall–Kier alpha value is -3.87. The quantitative estimate of drug-likeness (QED) is 0.613. The van der Waals surface area contributed by atoms with Gasteiger partial charge in [0.15, 0.2) is 11.6 Å². The molecule has 2 unspecified atom stereocenters. The van der Waals surface area contributed by atoms with E-state index in [1.165, 1.54) is 6.07 Å². The van der Waals surface area contributed by atoms with Crippen molar-refractivity contribution in [1.82, 2.24) is 29.8 Å². The molecule has 8 nitrogen and oxygen atoms in total. The summed E-state index contributed by atoms with van der Waals surface area (Å²) in [5, 5.41) is 14.4. The maximum Gasteiger partial charge on any atom is 0.320 e. The first-order chi connectivity index (χ1) is 15.3. The van der Waals surface area contributed by atoms with E-state index in [1.54, 1.807) is 27.5 Å². The summed E-state index contributed by atoms with van der Waals surface area (Å²) in [6, 6.07) is 5.48. The highest BCUT2D eigenvalue weighted by Crippen LogP contribution is 2.30. The highest BCUT2D eigenvalue weighted by molar-refractivity contribution is 5.90. The minimum atomic E-state index is -0.932. The maximum atomic E-state index is 13.8. The van der Waals surface area contributed by atoms with E-state index in [0.29, 0.717) is 24.5 Å². The molecule has 3 aromatic rings. The Morgan fingerprint density at radius 3 is 2.69 bits per heavy atom. The molecule has 1 saturated heterocycles. The number of halogens is 2. The van der Waals surface area contributed by atoms with Gasteiger partial charge in [0, 0.05) is 56.5 Å². The minimum absolute atomic E-state index is 0.287. The number of nitrogens with one attached hydrogen (secondary N) is 2. The summed E-state index contributed by atoms with van der Waals surface area (Å²) in [6.45, 7) is 2.67. The topological polar surface area (TPSA) is 80.0 Å². The van der Waals surface area contributed by atoms with Crippen LogP contribution in [0, 0.1) is 31.0 Å². The van der Waals surface area contributed by atoms with Gasteiger partial charge in [-0.05, 0) is 24.6 Å². The molecule has 32 heavy (non-hydrogen) atoms. The Morgan fingerprint density at radius 2 is 2.03 bits per heavy atom. The van der Waals surface area contributed by atoms with E-state index in [9.17, 15) is 13.6 Å². The number of anilines is 1. The van der Waals surface area contributed by atoms with Gasteiger partial charge in [-0.25, -0.2) is 13.6 Å². The molecular weight excluding hydrogens is 416 g/mol. The van der Waals surface area contributed by atoms with Crippen LogP contribution in [0.15, 0.2) is 30.6 Å². The van der Waals surface area contributed by atoms with E-state index < -0.39 is 17.7 Å². The molecule has 3 heterocycles. The van der Waals surface area contributed by atoms with E-state index in [1.807, 2.05) is 20.2 Å². The van der Waals surface area contributed by atoms with Crippen molar-refractivity contribution in [2.75, 3.05) is 18.4 Å². The molecule has 2 N–H and O–H groups in total.